The quantitative estimate of drug-likeness (QED) is 0.189. The zero-order valence-corrected chi connectivity index (χ0v) is 19.3. The molecule has 2 aromatic heterocycles. The topological polar surface area (TPSA) is 86.7 Å². The van der Waals surface area contributed by atoms with Gasteiger partial charge in [-0.2, -0.15) is 4.99 Å². The summed E-state index contributed by atoms with van der Waals surface area (Å²) < 4.78 is 8.91. The second-order valence-corrected chi connectivity index (χ2v) is 9.41. The van der Waals surface area contributed by atoms with Crippen molar-refractivity contribution in [3.05, 3.63) is 66.2 Å². The third-order valence-electron chi connectivity index (χ3n) is 4.48. The number of carbonyl (C=O) groups is 1. The Morgan fingerprint density at radius 1 is 1.19 bits per heavy atom. The van der Waals surface area contributed by atoms with Crippen LogP contribution < -0.4 is 4.80 Å². The lowest BCUT2D eigenvalue weighted by Gasteiger charge is -2.06. The van der Waals surface area contributed by atoms with E-state index in [2.05, 4.69) is 4.99 Å². The fourth-order valence-electron chi connectivity index (χ4n) is 3.11. The van der Waals surface area contributed by atoms with Crippen LogP contribution in [0.15, 0.2) is 41.4 Å². The van der Waals surface area contributed by atoms with E-state index in [9.17, 15) is 14.9 Å². The number of hydrogen-bond acceptors (Lipinski definition) is 6. The summed E-state index contributed by atoms with van der Waals surface area (Å²) >= 11 is 15.1. The number of fused-ring (bicyclic) bond motifs is 2. The molecule has 160 valence electrons. The van der Waals surface area contributed by atoms with E-state index in [0.29, 0.717) is 44.9 Å². The zero-order chi connectivity index (χ0) is 22.1. The molecule has 2 heterocycles. The average Bonchev–Trinajstić information content (AvgIpc) is 3.29. The molecule has 0 unspecified atom stereocenters. The lowest BCUT2D eigenvalue weighted by Crippen LogP contribution is -2.19. The van der Waals surface area contributed by atoms with Crippen LogP contribution in [0.4, 0.5) is 5.69 Å². The molecule has 11 heteroatoms. The van der Waals surface area contributed by atoms with Crippen LogP contribution >= 0.6 is 45.9 Å². The molecule has 4 aromatic rings. The highest BCUT2D eigenvalue weighted by atomic mass is 35.5. The van der Waals surface area contributed by atoms with E-state index >= 15 is 0 Å². The number of hydrogen-bond donors (Lipinski definition) is 0. The average molecular weight is 496 g/mol. The molecule has 2 aromatic carbocycles. The van der Waals surface area contributed by atoms with E-state index in [0.717, 1.165) is 14.9 Å². The Labute approximate surface area is 194 Å². The van der Waals surface area contributed by atoms with Gasteiger partial charge in [0.05, 0.1) is 31.6 Å². The Kier molecular flexibility index (Phi) is 6.40. The van der Waals surface area contributed by atoms with Crippen LogP contribution in [0.2, 0.25) is 10.0 Å². The SMILES string of the molecule is CCOCCn1c(=NC(=O)c2cc3cc([N+](=O)[O-])ccc3s2)sc2cc(Cl)cc(Cl)c21. The molecule has 1 amide bonds. The number of ether oxygens (including phenoxy) is 1. The molecule has 0 aliphatic carbocycles. The van der Waals surface area contributed by atoms with E-state index in [-0.39, 0.29) is 5.69 Å². The molecule has 0 spiro atoms. The number of thiazole rings is 1. The molecule has 7 nitrogen and oxygen atoms in total. The van der Waals surface area contributed by atoms with Gasteiger partial charge in [-0.15, -0.1) is 11.3 Å². The van der Waals surface area contributed by atoms with Gasteiger partial charge in [0.25, 0.3) is 11.6 Å². The van der Waals surface area contributed by atoms with Crippen LogP contribution in [0.3, 0.4) is 0 Å². The number of amides is 1. The fraction of sp³-hybridized carbons (Fsp3) is 0.200. The number of halogens is 2. The normalized spacial score (nSPS) is 12.2. The number of carbonyl (C=O) groups excluding carboxylic acids is 1. The van der Waals surface area contributed by atoms with Crippen LogP contribution in [0.1, 0.15) is 16.6 Å². The Morgan fingerprint density at radius 2 is 2.00 bits per heavy atom. The van der Waals surface area contributed by atoms with E-state index in [1.807, 2.05) is 11.5 Å². The van der Waals surface area contributed by atoms with Crippen molar-refractivity contribution in [2.24, 2.45) is 4.99 Å². The Bertz CT molecular complexity index is 1390. The highest BCUT2D eigenvalue weighted by molar-refractivity contribution is 7.21. The van der Waals surface area contributed by atoms with Crippen molar-refractivity contribution in [3.8, 4) is 0 Å². The highest BCUT2D eigenvalue weighted by Gasteiger charge is 2.16. The Morgan fingerprint density at radius 3 is 2.74 bits per heavy atom. The first kappa shape index (κ1) is 21.9. The molecule has 31 heavy (non-hydrogen) atoms. The smallest absolute Gasteiger partial charge is 0.289 e. The molecule has 0 aliphatic heterocycles. The third kappa shape index (κ3) is 4.51. The number of thiophene rings is 1. The molecule has 0 saturated heterocycles. The van der Waals surface area contributed by atoms with Crippen molar-refractivity contribution in [1.29, 1.82) is 0 Å². The lowest BCUT2D eigenvalue weighted by atomic mass is 10.2. The first-order valence-electron chi connectivity index (χ1n) is 9.20. The van der Waals surface area contributed by atoms with Crippen molar-refractivity contribution in [2.75, 3.05) is 13.2 Å². The standard InChI is InChI=1S/C20H15Cl2N3O4S2/c1-2-29-6-5-24-18-14(22)9-12(21)10-16(18)31-20(24)23-19(26)17-8-11-7-13(25(27)28)3-4-15(11)30-17/h3-4,7-10H,2,5-6H2,1H3. The van der Waals surface area contributed by atoms with Gasteiger partial charge in [-0.3, -0.25) is 14.9 Å². The van der Waals surface area contributed by atoms with Gasteiger partial charge in [-0.25, -0.2) is 0 Å². The minimum absolute atomic E-state index is 0.0222. The summed E-state index contributed by atoms with van der Waals surface area (Å²) in [6, 6.07) is 9.57. The van der Waals surface area contributed by atoms with Crippen LogP contribution in [0.5, 0.6) is 0 Å². The Balaban J connectivity index is 1.79. The van der Waals surface area contributed by atoms with Crippen molar-refractivity contribution in [2.45, 2.75) is 13.5 Å². The first-order valence-corrected chi connectivity index (χ1v) is 11.6. The van der Waals surface area contributed by atoms with E-state index < -0.39 is 10.8 Å². The molecular weight excluding hydrogens is 481 g/mol. The van der Waals surface area contributed by atoms with Gasteiger partial charge in [0.15, 0.2) is 4.80 Å². The predicted molar refractivity (Wildman–Crippen MR) is 125 cm³/mol. The number of nitro groups is 1. The number of aromatic nitrogens is 1. The molecule has 4 rings (SSSR count). The van der Waals surface area contributed by atoms with E-state index in [4.69, 9.17) is 27.9 Å². The van der Waals surface area contributed by atoms with Crippen molar-refractivity contribution >= 4 is 77.8 Å². The highest BCUT2D eigenvalue weighted by Crippen LogP contribution is 2.31. The molecule has 0 bridgehead atoms. The van der Waals surface area contributed by atoms with E-state index in [1.165, 1.54) is 34.8 Å². The van der Waals surface area contributed by atoms with Crippen LogP contribution in [-0.2, 0) is 11.3 Å². The molecule has 0 atom stereocenters. The summed E-state index contributed by atoms with van der Waals surface area (Å²) in [5.41, 5.74) is 0.723. The number of rotatable bonds is 6. The molecule has 0 saturated carbocycles. The summed E-state index contributed by atoms with van der Waals surface area (Å²) in [5.74, 6) is -0.428. The summed E-state index contributed by atoms with van der Waals surface area (Å²) in [6.07, 6.45) is 0. The van der Waals surface area contributed by atoms with Gasteiger partial charge in [-0.05, 0) is 31.2 Å². The number of nitrogens with zero attached hydrogens (tertiary/aromatic N) is 3. The maximum absolute atomic E-state index is 12.9. The minimum atomic E-state index is -0.462. The second-order valence-electron chi connectivity index (χ2n) is 6.47. The monoisotopic (exact) mass is 495 g/mol. The van der Waals surface area contributed by atoms with Gasteiger partial charge >= 0.3 is 0 Å². The molecule has 0 radical (unpaired) electrons. The summed E-state index contributed by atoms with van der Waals surface area (Å²) in [7, 11) is 0. The fourth-order valence-corrected chi connectivity index (χ4v) is 5.88. The van der Waals surface area contributed by atoms with Gasteiger partial charge in [0, 0.05) is 40.4 Å². The van der Waals surface area contributed by atoms with Crippen molar-refractivity contribution < 1.29 is 14.5 Å². The number of non-ortho nitro benzene ring substituents is 1. The molecular formula is C20H15Cl2N3O4S2. The largest absolute Gasteiger partial charge is 0.380 e. The summed E-state index contributed by atoms with van der Waals surface area (Å²) in [5, 5.41) is 12.6. The van der Waals surface area contributed by atoms with Gasteiger partial charge in [-0.1, -0.05) is 34.5 Å². The van der Waals surface area contributed by atoms with Crippen LogP contribution in [0.25, 0.3) is 20.3 Å². The zero-order valence-electron chi connectivity index (χ0n) is 16.1. The van der Waals surface area contributed by atoms with Gasteiger partial charge in [0.1, 0.15) is 0 Å². The Hall–Kier alpha value is -2.30. The minimum Gasteiger partial charge on any atom is -0.380 e. The van der Waals surface area contributed by atoms with Crippen molar-refractivity contribution in [1.82, 2.24) is 4.57 Å². The third-order valence-corrected chi connectivity index (χ3v) is 7.11. The summed E-state index contributed by atoms with van der Waals surface area (Å²) in [4.78, 5) is 28.7. The first-order chi connectivity index (χ1) is 14.9. The van der Waals surface area contributed by atoms with Crippen molar-refractivity contribution in [3.63, 3.8) is 0 Å². The van der Waals surface area contributed by atoms with E-state index in [1.54, 1.807) is 24.3 Å². The summed E-state index contributed by atoms with van der Waals surface area (Å²) in [6.45, 7) is 3.39. The maximum atomic E-state index is 12.9. The number of benzene rings is 2. The number of nitro benzene ring substituents is 1. The second kappa shape index (κ2) is 9.05. The van der Waals surface area contributed by atoms with Gasteiger partial charge < -0.3 is 9.30 Å². The molecule has 0 aliphatic rings. The molecule has 0 N–H and O–H groups in total. The van der Waals surface area contributed by atoms with Crippen LogP contribution in [-0.4, -0.2) is 28.6 Å². The maximum Gasteiger partial charge on any atom is 0.289 e. The predicted octanol–water partition coefficient (Wildman–Crippen LogP) is 5.91. The molecule has 0 fully saturated rings. The van der Waals surface area contributed by atoms with Gasteiger partial charge in [0.2, 0.25) is 0 Å². The lowest BCUT2D eigenvalue weighted by molar-refractivity contribution is -0.384. The van der Waals surface area contributed by atoms with Crippen LogP contribution in [0, 0.1) is 10.1 Å².